The van der Waals surface area contributed by atoms with Gasteiger partial charge in [0.15, 0.2) is 5.82 Å². The summed E-state index contributed by atoms with van der Waals surface area (Å²) < 4.78 is 5.75. The van der Waals surface area contributed by atoms with Gasteiger partial charge in [-0.2, -0.15) is 0 Å². The molecule has 90 valence electrons. The van der Waals surface area contributed by atoms with Gasteiger partial charge >= 0.3 is 0 Å². The fourth-order valence-corrected chi connectivity index (χ4v) is 3.03. The van der Waals surface area contributed by atoms with E-state index in [0.717, 1.165) is 16.0 Å². The van der Waals surface area contributed by atoms with Gasteiger partial charge in [0, 0.05) is 12.0 Å². The Hall–Kier alpha value is -0.710. The predicted octanol–water partition coefficient (Wildman–Crippen LogP) is 3.83. The first kappa shape index (κ1) is 11.4. The Balaban J connectivity index is 2.02. The molecule has 0 bridgehead atoms. The van der Waals surface area contributed by atoms with Gasteiger partial charge in [-0.25, -0.2) is 9.97 Å². The van der Waals surface area contributed by atoms with Crippen LogP contribution in [-0.2, 0) is 4.74 Å². The van der Waals surface area contributed by atoms with Crippen molar-refractivity contribution in [1.82, 2.24) is 9.97 Å². The molecule has 0 N–H and O–H groups in total. The third-order valence-corrected chi connectivity index (χ3v) is 4.04. The number of halogens is 1. The quantitative estimate of drug-likeness (QED) is 0.791. The van der Waals surface area contributed by atoms with Gasteiger partial charge in [0.05, 0.1) is 0 Å². The molecule has 0 saturated heterocycles. The van der Waals surface area contributed by atoms with Crippen LogP contribution in [0.3, 0.4) is 0 Å². The maximum atomic E-state index is 6.17. The number of ether oxygens (including phenoxy) is 1. The number of hydrogen-bond acceptors (Lipinski definition) is 4. The van der Waals surface area contributed by atoms with Gasteiger partial charge in [0.25, 0.3) is 0 Å². The molecule has 1 aliphatic carbocycles. The number of fused-ring (bicyclic) bond motifs is 1. The van der Waals surface area contributed by atoms with Crippen LogP contribution in [0.25, 0.3) is 10.2 Å². The van der Waals surface area contributed by atoms with E-state index in [0.29, 0.717) is 17.7 Å². The number of hydrogen-bond donors (Lipinski definition) is 0. The van der Waals surface area contributed by atoms with E-state index >= 15 is 0 Å². The van der Waals surface area contributed by atoms with E-state index in [1.54, 1.807) is 11.3 Å². The number of rotatable bonds is 4. The summed E-state index contributed by atoms with van der Waals surface area (Å²) in [6, 6.07) is 1.96. The minimum Gasteiger partial charge on any atom is -0.370 e. The zero-order chi connectivity index (χ0) is 11.8. The summed E-state index contributed by atoms with van der Waals surface area (Å²) in [6.45, 7) is 2.69. The molecule has 2 aromatic rings. The molecule has 1 fully saturated rings. The van der Waals surface area contributed by atoms with Crippen molar-refractivity contribution in [3.05, 3.63) is 22.4 Å². The minimum atomic E-state index is 0.0176. The van der Waals surface area contributed by atoms with Crippen LogP contribution >= 0.6 is 22.9 Å². The average molecular weight is 269 g/mol. The summed E-state index contributed by atoms with van der Waals surface area (Å²) in [5, 5.41) is 3.46. The SMILES string of the molecule is CCOC(c1nc(Cl)c2ccsc2n1)C1CC1. The van der Waals surface area contributed by atoms with Crippen LogP contribution in [0.2, 0.25) is 5.15 Å². The molecule has 3 rings (SSSR count). The van der Waals surface area contributed by atoms with Crippen molar-refractivity contribution < 1.29 is 4.74 Å². The lowest BCUT2D eigenvalue weighted by Gasteiger charge is -2.14. The number of nitrogens with zero attached hydrogens (tertiary/aromatic N) is 2. The molecule has 0 aliphatic heterocycles. The van der Waals surface area contributed by atoms with Crippen molar-refractivity contribution in [3.8, 4) is 0 Å². The highest BCUT2D eigenvalue weighted by molar-refractivity contribution is 7.16. The molecule has 0 spiro atoms. The molecule has 2 heterocycles. The van der Waals surface area contributed by atoms with Crippen molar-refractivity contribution >= 4 is 33.2 Å². The molecule has 1 saturated carbocycles. The lowest BCUT2D eigenvalue weighted by molar-refractivity contribution is 0.0403. The van der Waals surface area contributed by atoms with Gasteiger partial charge in [-0.3, -0.25) is 0 Å². The van der Waals surface area contributed by atoms with E-state index in [4.69, 9.17) is 16.3 Å². The van der Waals surface area contributed by atoms with Crippen LogP contribution in [0.1, 0.15) is 31.7 Å². The van der Waals surface area contributed by atoms with Crippen LogP contribution < -0.4 is 0 Å². The minimum absolute atomic E-state index is 0.0176. The summed E-state index contributed by atoms with van der Waals surface area (Å²) in [7, 11) is 0. The highest BCUT2D eigenvalue weighted by Gasteiger charge is 2.35. The molecule has 0 amide bonds. The summed E-state index contributed by atoms with van der Waals surface area (Å²) in [5.41, 5.74) is 0. The Kier molecular flexibility index (Phi) is 3.03. The van der Waals surface area contributed by atoms with Crippen LogP contribution in [0.5, 0.6) is 0 Å². The monoisotopic (exact) mass is 268 g/mol. The smallest absolute Gasteiger partial charge is 0.160 e. The van der Waals surface area contributed by atoms with E-state index in [-0.39, 0.29) is 6.10 Å². The van der Waals surface area contributed by atoms with E-state index in [2.05, 4.69) is 9.97 Å². The second kappa shape index (κ2) is 4.52. The van der Waals surface area contributed by atoms with Crippen LogP contribution in [0, 0.1) is 5.92 Å². The third kappa shape index (κ3) is 2.17. The van der Waals surface area contributed by atoms with E-state index in [9.17, 15) is 0 Å². The van der Waals surface area contributed by atoms with Crippen LogP contribution in [-0.4, -0.2) is 16.6 Å². The molecule has 1 aliphatic rings. The first-order chi connectivity index (χ1) is 8.29. The van der Waals surface area contributed by atoms with Crippen molar-refractivity contribution in [2.75, 3.05) is 6.61 Å². The van der Waals surface area contributed by atoms with Gasteiger partial charge in [-0.15, -0.1) is 11.3 Å². The predicted molar refractivity (Wildman–Crippen MR) is 69.5 cm³/mol. The van der Waals surface area contributed by atoms with Crippen LogP contribution in [0.15, 0.2) is 11.4 Å². The lowest BCUT2D eigenvalue weighted by Crippen LogP contribution is -2.10. The molecular formula is C12H13ClN2OS. The Morgan fingerprint density at radius 3 is 3.06 bits per heavy atom. The van der Waals surface area contributed by atoms with Crippen molar-refractivity contribution in [2.24, 2.45) is 5.92 Å². The Morgan fingerprint density at radius 2 is 2.35 bits per heavy atom. The first-order valence-electron chi connectivity index (χ1n) is 5.82. The summed E-state index contributed by atoms with van der Waals surface area (Å²) >= 11 is 7.77. The fraction of sp³-hybridized carbons (Fsp3) is 0.500. The molecule has 0 radical (unpaired) electrons. The normalized spacial score (nSPS) is 17.5. The maximum Gasteiger partial charge on any atom is 0.160 e. The summed E-state index contributed by atoms with van der Waals surface area (Å²) in [6.07, 6.45) is 2.42. The molecular weight excluding hydrogens is 256 g/mol. The molecule has 1 atom stereocenters. The van der Waals surface area contributed by atoms with Gasteiger partial charge < -0.3 is 4.74 Å². The van der Waals surface area contributed by atoms with E-state index in [1.807, 2.05) is 18.4 Å². The van der Waals surface area contributed by atoms with Gasteiger partial charge in [0.2, 0.25) is 0 Å². The van der Waals surface area contributed by atoms with Gasteiger partial charge in [-0.1, -0.05) is 11.6 Å². The Labute approximate surface area is 109 Å². The Bertz CT molecular complexity index is 538. The van der Waals surface area contributed by atoms with Crippen LogP contribution in [0.4, 0.5) is 0 Å². The largest absolute Gasteiger partial charge is 0.370 e. The molecule has 3 nitrogen and oxygen atoms in total. The standard InChI is InChI=1S/C12H13ClN2OS/c1-2-16-9(7-3-4-7)11-14-10(13)8-5-6-17-12(8)15-11/h5-7,9H,2-4H2,1H3. The third-order valence-electron chi connectivity index (χ3n) is 2.95. The maximum absolute atomic E-state index is 6.17. The second-order valence-corrected chi connectivity index (χ2v) is 5.48. The van der Waals surface area contributed by atoms with E-state index < -0.39 is 0 Å². The van der Waals surface area contributed by atoms with Gasteiger partial charge in [0.1, 0.15) is 16.1 Å². The van der Waals surface area contributed by atoms with Crippen molar-refractivity contribution in [1.29, 1.82) is 0 Å². The van der Waals surface area contributed by atoms with Crippen molar-refractivity contribution in [3.63, 3.8) is 0 Å². The number of thiophene rings is 1. The average Bonchev–Trinajstić information content (AvgIpc) is 3.03. The molecule has 5 heteroatoms. The molecule has 1 unspecified atom stereocenters. The summed E-state index contributed by atoms with van der Waals surface area (Å²) in [5.74, 6) is 1.32. The molecule has 0 aromatic carbocycles. The Morgan fingerprint density at radius 1 is 1.53 bits per heavy atom. The van der Waals surface area contributed by atoms with E-state index in [1.165, 1.54) is 12.8 Å². The zero-order valence-corrected chi connectivity index (χ0v) is 11.1. The second-order valence-electron chi connectivity index (χ2n) is 4.23. The molecule has 2 aromatic heterocycles. The fourth-order valence-electron chi connectivity index (χ4n) is 1.96. The summed E-state index contributed by atoms with van der Waals surface area (Å²) in [4.78, 5) is 9.91. The van der Waals surface area contributed by atoms with Crippen molar-refractivity contribution in [2.45, 2.75) is 25.9 Å². The highest BCUT2D eigenvalue weighted by atomic mass is 35.5. The topological polar surface area (TPSA) is 35.0 Å². The molecule has 17 heavy (non-hydrogen) atoms. The highest BCUT2D eigenvalue weighted by Crippen LogP contribution is 2.43. The zero-order valence-electron chi connectivity index (χ0n) is 9.52. The van der Waals surface area contributed by atoms with Gasteiger partial charge in [-0.05, 0) is 37.1 Å². The number of aromatic nitrogens is 2. The lowest BCUT2D eigenvalue weighted by atomic mass is 10.2. The first-order valence-corrected chi connectivity index (χ1v) is 7.07.